The van der Waals surface area contributed by atoms with Crippen LogP contribution in [0.5, 0.6) is 0 Å². The lowest BCUT2D eigenvalue weighted by atomic mass is 10.0. The molecule has 2 N–H and O–H groups in total. The predicted octanol–water partition coefficient (Wildman–Crippen LogP) is 1.38. The molecule has 1 heterocycles. The summed E-state index contributed by atoms with van der Waals surface area (Å²) in [5.41, 5.74) is 0. The highest BCUT2D eigenvalue weighted by Crippen LogP contribution is 2.21. The second kappa shape index (κ2) is 7.47. The molecule has 6 heteroatoms. The summed E-state index contributed by atoms with van der Waals surface area (Å²) in [6.07, 6.45) is 1.35. The van der Waals surface area contributed by atoms with Gasteiger partial charge < -0.3 is 20.0 Å². The number of likely N-dealkylation sites (tertiary alicyclic amines) is 1. The van der Waals surface area contributed by atoms with Crippen molar-refractivity contribution in [1.29, 1.82) is 0 Å². The molecule has 6 nitrogen and oxygen atoms in total. The molecule has 1 aliphatic heterocycles. The number of hydrogen-bond acceptors (Lipinski definition) is 3. The predicted molar refractivity (Wildman–Crippen MR) is 75.5 cm³/mol. The first-order chi connectivity index (χ1) is 9.44. The summed E-state index contributed by atoms with van der Waals surface area (Å²) in [4.78, 5) is 26.6. The number of hydrogen-bond donors (Lipinski definition) is 2. The van der Waals surface area contributed by atoms with E-state index in [0.29, 0.717) is 19.0 Å². The number of aliphatic carboxylic acids is 1. The van der Waals surface area contributed by atoms with Crippen LogP contribution in [0.15, 0.2) is 0 Å². The Kier molecular flexibility index (Phi) is 6.26. The number of carbonyl (C=O) groups excluding carboxylic acids is 1. The first-order valence-corrected chi connectivity index (χ1v) is 7.40. The summed E-state index contributed by atoms with van der Waals surface area (Å²) in [5, 5.41) is 18.8. The van der Waals surface area contributed by atoms with Crippen molar-refractivity contribution < 1.29 is 19.8 Å². The van der Waals surface area contributed by atoms with Crippen molar-refractivity contribution in [3.05, 3.63) is 0 Å². The maximum absolute atomic E-state index is 12.5. The minimum absolute atomic E-state index is 0.106. The van der Waals surface area contributed by atoms with Gasteiger partial charge in [0.15, 0.2) is 0 Å². The number of carbonyl (C=O) groups is 2. The number of aliphatic hydroxyl groups excluding tert-OH is 1. The summed E-state index contributed by atoms with van der Waals surface area (Å²) in [7, 11) is 0. The average Bonchev–Trinajstić information content (AvgIpc) is 2.82. The van der Waals surface area contributed by atoms with Crippen molar-refractivity contribution in [3.8, 4) is 0 Å². The normalized spacial score (nSPS) is 22.4. The molecule has 1 fully saturated rings. The number of aliphatic hydroxyl groups is 1. The monoisotopic (exact) mass is 286 g/mol. The molecule has 1 saturated heterocycles. The molecule has 0 aliphatic carbocycles. The minimum atomic E-state index is -1.05. The van der Waals surface area contributed by atoms with Crippen LogP contribution in [0.2, 0.25) is 0 Å². The molecule has 0 unspecified atom stereocenters. The molecule has 0 aromatic heterocycles. The summed E-state index contributed by atoms with van der Waals surface area (Å²) >= 11 is 0. The van der Waals surface area contributed by atoms with Gasteiger partial charge in [-0.15, -0.1) is 0 Å². The Bertz CT molecular complexity index is 344. The average molecular weight is 286 g/mol. The lowest BCUT2D eigenvalue weighted by molar-refractivity contribution is -0.141. The van der Waals surface area contributed by atoms with Gasteiger partial charge in [0.05, 0.1) is 6.10 Å². The molecule has 1 rings (SSSR count). The number of carboxylic acid groups (broad SMARTS) is 1. The molecular formula is C14H26N2O4. The molecular weight excluding hydrogens is 260 g/mol. The van der Waals surface area contributed by atoms with Crippen LogP contribution < -0.4 is 0 Å². The number of β-amino-alcohol motifs (C(OH)–C–C–N with tert-alkyl or cyclic N) is 1. The van der Waals surface area contributed by atoms with E-state index in [0.717, 1.165) is 12.8 Å². The van der Waals surface area contributed by atoms with Gasteiger partial charge in [-0.1, -0.05) is 26.7 Å². The van der Waals surface area contributed by atoms with Crippen molar-refractivity contribution in [2.75, 3.05) is 19.6 Å². The zero-order chi connectivity index (χ0) is 15.3. The summed E-state index contributed by atoms with van der Waals surface area (Å²) < 4.78 is 0. The summed E-state index contributed by atoms with van der Waals surface area (Å²) in [6.45, 7) is 7.37. The maximum atomic E-state index is 12.5. The van der Waals surface area contributed by atoms with Crippen molar-refractivity contribution in [2.45, 2.75) is 52.2 Å². The zero-order valence-corrected chi connectivity index (χ0v) is 12.6. The van der Waals surface area contributed by atoms with E-state index in [2.05, 4.69) is 13.8 Å². The minimum Gasteiger partial charge on any atom is -0.480 e. The zero-order valence-electron chi connectivity index (χ0n) is 12.6. The van der Waals surface area contributed by atoms with Crippen LogP contribution in [0.25, 0.3) is 0 Å². The van der Waals surface area contributed by atoms with Crippen LogP contribution in [0.1, 0.15) is 40.0 Å². The lowest BCUT2D eigenvalue weighted by Crippen LogP contribution is -2.49. The van der Waals surface area contributed by atoms with Gasteiger partial charge in [-0.25, -0.2) is 9.59 Å². The molecule has 0 aromatic rings. The molecule has 0 radical (unpaired) electrons. The van der Waals surface area contributed by atoms with Gasteiger partial charge in [-0.05, 0) is 12.8 Å². The number of nitrogens with zero attached hydrogens (tertiary/aromatic N) is 2. The first kappa shape index (κ1) is 16.8. The molecule has 20 heavy (non-hydrogen) atoms. The lowest BCUT2D eigenvalue weighted by Gasteiger charge is -2.31. The third kappa shape index (κ3) is 3.85. The standard InChI is InChI=1S/C14H26N2O4/c1-4-10(5-2)8-15(6-3)14(20)16-9-11(17)7-12(16)13(18)19/h10-12,17H,4-9H2,1-3H3,(H,18,19)/t11-,12-/m1/s1. The fraction of sp³-hybridized carbons (Fsp3) is 0.857. The van der Waals surface area contributed by atoms with Gasteiger partial charge in [-0.2, -0.15) is 0 Å². The van der Waals surface area contributed by atoms with Crippen LogP contribution in [0.3, 0.4) is 0 Å². The van der Waals surface area contributed by atoms with Gasteiger partial charge in [0.1, 0.15) is 6.04 Å². The van der Waals surface area contributed by atoms with Crippen molar-refractivity contribution in [1.82, 2.24) is 9.80 Å². The SMILES string of the molecule is CCC(CC)CN(CC)C(=O)N1C[C@H](O)C[C@@H]1C(=O)O. The quantitative estimate of drug-likeness (QED) is 0.773. The number of urea groups is 1. The summed E-state index contributed by atoms with van der Waals surface area (Å²) in [5.74, 6) is -0.622. The van der Waals surface area contributed by atoms with Crippen LogP contribution in [0, 0.1) is 5.92 Å². The van der Waals surface area contributed by atoms with Gasteiger partial charge in [0, 0.05) is 26.1 Å². The third-order valence-corrected chi connectivity index (χ3v) is 4.10. The Morgan fingerprint density at radius 3 is 2.35 bits per heavy atom. The van der Waals surface area contributed by atoms with Crippen LogP contribution in [-0.4, -0.2) is 63.8 Å². The van der Waals surface area contributed by atoms with E-state index in [1.54, 1.807) is 4.90 Å². The van der Waals surface area contributed by atoms with Crippen molar-refractivity contribution in [2.24, 2.45) is 5.92 Å². The second-order valence-corrected chi connectivity index (χ2v) is 5.40. The molecule has 0 aromatic carbocycles. The first-order valence-electron chi connectivity index (χ1n) is 7.40. The van der Waals surface area contributed by atoms with Gasteiger partial charge in [0.25, 0.3) is 0 Å². The van der Waals surface area contributed by atoms with Crippen LogP contribution in [-0.2, 0) is 4.79 Å². The molecule has 1 aliphatic rings. The Labute approximate surface area is 120 Å². The molecule has 0 bridgehead atoms. The highest BCUT2D eigenvalue weighted by Gasteiger charge is 2.40. The highest BCUT2D eigenvalue weighted by molar-refractivity contribution is 5.83. The number of carboxylic acids is 1. The molecule has 0 saturated carbocycles. The Morgan fingerprint density at radius 2 is 1.90 bits per heavy atom. The Morgan fingerprint density at radius 1 is 1.30 bits per heavy atom. The van der Waals surface area contributed by atoms with Gasteiger partial charge >= 0.3 is 12.0 Å². The number of amides is 2. The topological polar surface area (TPSA) is 81.1 Å². The van der Waals surface area contributed by atoms with E-state index in [9.17, 15) is 14.7 Å². The van der Waals surface area contributed by atoms with Crippen LogP contribution >= 0.6 is 0 Å². The summed E-state index contributed by atoms with van der Waals surface area (Å²) in [6, 6.07) is -1.18. The Balaban J connectivity index is 2.76. The molecule has 116 valence electrons. The molecule has 2 amide bonds. The van der Waals surface area contributed by atoms with E-state index in [1.165, 1.54) is 4.90 Å². The largest absolute Gasteiger partial charge is 0.480 e. The number of rotatable bonds is 6. The van der Waals surface area contributed by atoms with E-state index >= 15 is 0 Å². The molecule has 0 spiro atoms. The fourth-order valence-electron chi connectivity index (χ4n) is 2.64. The second-order valence-electron chi connectivity index (χ2n) is 5.40. The van der Waals surface area contributed by atoms with Crippen molar-refractivity contribution >= 4 is 12.0 Å². The molecule has 2 atom stereocenters. The van der Waals surface area contributed by atoms with Crippen molar-refractivity contribution in [3.63, 3.8) is 0 Å². The van der Waals surface area contributed by atoms with E-state index in [4.69, 9.17) is 5.11 Å². The maximum Gasteiger partial charge on any atom is 0.326 e. The van der Waals surface area contributed by atoms with E-state index < -0.39 is 18.1 Å². The van der Waals surface area contributed by atoms with Gasteiger partial charge in [0.2, 0.25) is 0 Å². The fourth-order valence-corrected chi connectivity index (χ4v) is 2.64. The smallest absolute Gasteiger partial charge is 0.326 e. The Hall–Kier alpha value is -1.30. The highest BCUT2D eigenvalue weighted by atomic mass is 16.4. The van der Waals surface area contributed by atoms with E-state index in [1.807, 2.05) is 6.92 Å². The van der Waals surface area contributed by atoms with Gasteiger partial charge in [-0.3, -0.25) is 0 Å². The van der Waals surface area contributed by atoms with E-state index in [-0.39, 0.29) is 19.0 Å². The van der Waals surface area contributed by atoms with Crippen LogP contribution in [0.4, 0.5) is 4.79 Å². The third-order valence-electron chi connectivity index (χ3n) is 4.10.